The average Bonchev–Trinajstić information content (AvgIpc) is 2.49. The molecule has 2 N–H and O–H groups in total. The molecule has 0 saturated carbocycles. The van der Waals surface area contributed by atoms with Gasteiger partial charge in [0, 0.05) is 29.1 Å². The van der Waals surface area contributed by atoms with Gasteiger partial charge >= 0.3 is 0 Å². The number of halogens is 1. The lowest BCUT2D eigenvalue weighted by molar-refractivity contribution is 0.601. The number of fused-ring (bicyclic) bond motifs is 1. The summed E-state index contributed by atoms with van der Waals surface area (Å²) in [6.45, 7) is 0.827. The van der Waals surface area contributed by atoms with Crippen LogP contribution in [0.5, 0.6) is 0 Å². The summed E-state index contributed by atoms with van der Waals surface area (Å²) in [5.41, 5.74) is 0.846. The summed E-state index contributed by atoms with van der Waals surface area (Å²) in [5.74, 6) is 1.21. The van der Waals surface area contributed by atoms with Crippen molar-refractivity contribution in [3.8, 4) is 0 Å². The molecule has 0 unspecified atom stereocenters. The predicted molar refractivity (Wildman–Crippen MR) is 85.7 cm³/mol. The maximum Gasteiger partial charge on any atom is 0.263 e. The molecule has 2 heterocycles. The third kappa shape index (κ3) is 3.25. The Bertz CT molecular complexity index is 763. The van der Waals surface area contributed by atoms with Crippen molar-refractivity contribution in [1.82, 2.24) is 4.98 Å². The van der Waals surface area contributed by atoms with Gasteiger partial charge in [0.25, 0.3) is 10.0 Å². The molecule has 0 fully saturated rings. The number of nitrogens with zero attached hydrogens (tertiary/aromatic N) is 1. The van der Waals surface area contributed by atoms with Gasteiger partial charge in [-0.05, 0) is 30.3 Å². The fourth-order valence-electron chi connectivity index (χ4n) is 1.92. The molecule has 0 saturated heterocycles. The van der Waals surface area contributed by atoms with Gasteiger partial charge in [-0.1, -0.05) is 11.6 Å². The van der Waals surface area contributed by atoms with Gasteiger partial charge in [0.15, 0.2) is 0 Å². The highest BCUT2D eigenvalue weighted by atomic mass is 35.5. The van der Waals surface area contributed by atoms with Crippen LogP contribution in [0.3, 0.4) is 0 Å². The quantitative estimate of drug-likeness (QED) is 0.897. The molecular formula is C13H12ClN3O2S2. The van der Waals surface area contributed by atoms with Crippen LogP contribution in [-0.4, -0.2) is 25.7 Å². The zero-order valence-electron chi connectivity index (χ0n) is 10.8. The first kappa shape index (κ1) is 14.5. The van der Waals surface area contributed by atoms with Crippen molar-refractivity contribution < 1.29 is 8.42 Å². The molecule has 1 aromatic heterocycles. The molecule has 8 heteroatoms. The van der Waals surface area contributed by atoms with Crippen LogP contribution in [0.25, 0.3) is 0 Å². The first-order valence-corrected chi connectivity index (χ1v) is 9.04. The average molecular weight is 342 g/mol. The Hall–Kier alpha value is -1.44. The van der Waals surface area contributed by atoms with Crippen LogP contribution in [0, 0.1) is 0 Å². The van der Waals surface area contributed by atoms with Gasteiger partial charge in [0.2, 0.25) is 0 Å². The number of hydrogen-bond donors (Lipinski definition) is 2. The first-order chi connectivity index (χ1) is 10.0. The van der Waals surface area contributed by atoms with Crippen LogP contribution in [-0.2, 0) is 10.0 Å². The molecule has 21 heavy (non-hydrogen) atoms. The SMILES string of the molecule is O=S(=O)(Nc1ccc(Cl)cn1)c1ccc2c(c1)NCCS2. The van der Waals surface area contributed by atoms with E-state index in [1.54, 1.807) is 30.0 Å². The van der Waals surface area contributed by atoms with E-state index in [1.165, 1.54) is 12.3 Å². The topological polar surface area (TPSA) is 71.1 Å². The lowest BCUT2D eigenvalue weighted by Crippen LogP contribution is -2.15. The standard InChI is InChI=1S/C13H12ClN3O2S2/c14-9-1-4-13(16-8-9)17-21(18,19)10-2-3-12-11(7-10)15-5-6-20-12/h1-4,7-8,15H,5-6H2,(H,16,17). The summed E-state index contributed by atoms with van der Waals surface area (Å²) in [6.07, 6.45) is 1.39. The molecule has 2 aromatic rings. The second kappa shape index (κ2) is 5.75. The Morgan fingerprint density at radius 1 is 1.29 bits per heavy atom. The van der Waals surface area contributed by atoms with Crippen LogP contribution < -0.4 is 10.0 Å². The van der Waals surface area contributed by atoms with Crippen LogP contribution in [0.15, 0.2) is 46.3 Å². The van der Waals surface area contributed by atoms with Crippen molar-refractivity contribution in [2.24, 2.45) is 0 Å². The molecule has 0 spiro atoms. The molecule has 1 aliphatic rings. The van der Waals surface area contributed by atoms with E-state index in [1.807, 2.05) is 6.07 Å². The van der Waals surface area contributed by atoms with Crippen LogP contribution in [0.2, 0.25) is 5.02 Å². The number of nitrogens with one attached hydrogen (secondary N) is 2. The summed E-state index contributed by atoms with van der Waals surface area (Å²) in [4.78, 5) is 5.20. The fraction of sp³-hybridized carbons (Fsp3) is 0.154. The molecule has 5 nitrogen and oxygen atoms in total. The van der Waals surface area contributed by atoms with Crippen LogP contribution >= 0.6 is 23.4 Å². The van der Waals surface area contributed by atoms with Crippen molar-refractivity contribution in [3.63, 3.8) is 0 Å². The Kier molecular flexibility index (Phi) is 3.97. The molecule has 1 aliphatic heterocycles. The molecule has 0 aliphatic carbocycles. The van der Waals surface area contributed by atoms with E-state index in [4.69, 9.17) is 11.6 Å². The normalized spacial score (nSPS) is 14.1. The van der Waals surface area contributed by atoms with Crippen molar-refractivity contribution in [2.75, 3.05) is 22.3 Å². The smallest absolute Gasteiger partial charge is 0.263 e. The van der Waals surface area contributed by atoms with E-state index < -0.39 is 10.0 Å². The van der Waals surface area contributed by atoms with Gasteiger partial charge in [-0.25, -0.2) is 13.4 Å². The third-order valence-electron chi connectivity index (χ3n) is 2.90. The highest BCUT2D eigenvalue weighted by molar-refractivity contribution is 7.99. The van der Waals surface area contributed by atoms with Crippen molar-refractivity contribution in [2.45, 2.75) is 9.79 Å². The molecule has 0 bridgehead atoms. The lowest BCUT2D eigenvalue weighted by Gasteiger charge is -2.18. The molecule has 110 valence electrons. The van der Waals surface area contributed by atoms with E-state index in [9.17, 15) is 8.42 Å². The molecule has 0 radical (unpaired) electrons. The zero-order valence-corrected chi connectivity index (χ0v) is 13.2. The first-order valence-electron chi connectivity index (χ1n) is 6.20. The maximum atomic E-state index is 12.4. The lowest BCUT2D eigenvalue weighted by atomic mass is 10.3. The maximum absolute atomic E-state index is 12.4. The van der Waals surface area contributed by atoms with E-state index in [0.717, 1.165) is 22.9 Å². The summed E-state index contributed by atoms with van der Waals surface area (Å²) in [7, 11) is -3.66. The molecule has 0 amide bonds. The monoisotopic (exact) mass is 341 g/mol. The van der Waals surface area contributed by atoms with E-state index in [-0.39, 0.29) is 10.7 Å². The third-order valence-corrected chi connectivity index (χ3v) is 5.55. The molecular weight excluding hydrogens is 330 g/mol. The Morgan fingerprint density at radius 3 is 2.90 bits per heavy atom. The molecule has 1 aromatic carbocycles. The van der Waals surface area contributed by atoms with Crippen molar-refractivity contribution in [1.29, 1.82) is 0 Å². The second-order valence-corrected chi connectivity index (χ2v) is 7.66. The number of hydrogen-bond acceptors (Lipinski definition) is 5. The summed E-state index contributed by atoms with van der Waals surface area (Å²) >= 11 is 7.44. The van der Waals surface area contributed by atoms with Gasteiger partial charge in [-0.15, -0.1) is 11.8 Å². The molecule has 0 atom stereocenters. The van der Waals surface area contributed by atoms with Gasteiger partial charge in [0.05, 0.1) is 9.92 Å². The number of anilines is 2. The zero-order chi connectivity index (χ0) is 14.9. The minimum Gasteiger partial charge on any atom is -0.383 e. The number of benzene rings is 1. The summed E-state index contributed by atoms with van der Waals surface area (Å²) in [5, 5.41) is 3.65. The minimum absolute atomic E-state index is 0.202. The number of aromatic nitrogens is 1. The number of sulfonamides is 1. The van der Waals surface area contributed by atoms with E-state index in [2.05, 4.69) is 15.0 Å². The van der Waals surface area contributed by atoms with Gasteiger partial charge in [-0.3, -0.25) is 4.72 Å². The van der Waals surface area contributed by atoms with Gasteiger partial charge in [-0.2, -0.15) is 0 Å². The van der Waals surface area contributed by atoms with E-state index >= 15 is 0 Å². The number of thioether (sulfide) groups is 1. The summed E-state index contributed by atoms with van der Waals surface area (Å²) in [6, 6.07) is 8.15. The Balaban J connectivity index is 1.89. The van der Waals surface area contributed by atoms with Crippen molar-refractivity contribution in [3.05, 3.63) is 41.6 Å². The Morgan fingerprint density at radius 2 is 2.14 bits per heavy atom. The number of rotatable bonds is 3. The van der Waals surface area contributed by atoms with Gasteiger partial charge in [0.1, 0.15) is 5.82 Å². The van der Waals surface area contributed by atoms with E-state index in [0.29, 0.717) is 5.02 Å². The highest BCUT2D eigenvalue weighted by Crippen LogP contribution is 2.32. The van der Waals surface area contributed by atoms with Gasteiger partial charge < -0.3 is 5.32 Å². The highest BCUT2D eigenvalue weighted by Gasteiger charge is 2.18. The Labute approximate surface area is 132 Å². The largest absolute Gasteiger partial charge is 0.383 e. The minimum atomic E-state index is -3.66. The van der Waals surface area contributed by atoms with Crippen LogP contribution in [0.4, 0.5) is 11.5 Å². The fourth-order valence-corrected chi connectivity index (χ4v) is 3.94. The predicted octanol–water partition coefficient (Wildman–Crippen LogP) is 3.05. The molecule has 3 rings (SSSR count). The second-order valence-electron chi connectivity index (χ2n) is 4.40. The van der Waals surface area contributed by atoms with Crippen molar-refractivity contribution >= 4 is 44.9 Å². The summed E-state index contributed by atoms with van der Waals surface area (Å²) < 4.78 is 27.1. The van der Waals surface area contributed by atoms with Crippen LogP contribution in [0.1, 0.15) is 0 Å². The number of pyridine rings is 1.